The van der Waals surface area contributed by atoms with Gasteiger partial charge in [0.15, 0.2) is 0 Å². The van der Waals surface area contributed by atoms with E-state index in [4.69, 9.17) is 4.52 Å². The van der Waals surface area contributed by atoms with Crippen molar-refractivity contribution in [2.75, 3.05) is 7.05 Å². The van der Waals surface area contributed by atoms with Crippen molar-refractivity contribution in [3.63, 3.8) is 0 Å². The summed E-state index contributed by atoms with van der Waals surface area (Å²) in [6.07, 6.45) is 3.68. The van der Waals surface area contributed by atoms with Gasteiger partial charge in [0, 0.05) is 31.0 Å². The van der Waals surface area contributed by atoms with E-state index in [0.717, 1.165) is 24.5 Å². The first kappa shape index (κ1) is 11.8. The normalized spacial score (nSPS) is 11.1. The fourth-order valence-corrected chi connectivity index (χ4v) is 1.86. The van der Waals surface area contributed by atoms with Gasteiger partial charge in [0.1, 0.15) is 5.76 Å². The van der Waals surface area contributed by atoms with Gasteiger partial charge in [0.25, 0.3) is 0 Å². The topological polar surface area (TPSA) is 42.2 Å². The maximum atomic E-state index is 5.16. The van der Waals surface area contributed by atoms with E-state index >= 15 is 0 Å². The van der Waals surface area contributed by atoms with Crippen LogP contribution >= 0.6 is 0 Å². The molecule has 0 saturated carbocycles. The van der Waals surface area contributed by atoms with Crippen molar-refractivity contribution in [3.05, 3.63) is 47.1 Å². The van der Waals surface area contributed by atoms with E-state index in [1.165, 1.54) is 11.1 Å². The third-order valence-electron chi connectivity index (χ3n) is 2.78. The fourth-order valence-electron chi connectivity index (χ4n) is 1.86. The number of pyridine rings is 1. The van der Waals surface area contributed by atoms with Crippen molar-refractivity contribution in [2.24, 2.45) is 0 Å². The summed E-state index contributed by atoms with van der Waals surface area (Å²) >= 11 is 0. The van der Waals surface area contributed by atoms with Gasteiger partial charge < -0.3 is 4.52 Å². The Morgan fingerprint density at radius 1 is 1.29 bits per heavy atom. The van der Waals surface area contributed by atoms with Gasteiger partial charge in [-0.25, -0.2) is 0 Å². The predicted octanol–water partition coefficient (Wildman–Crippen LogP) is 2.32. The molecule has 2 aromatic rings. The second kappa shape index (κ2) is 5.10. The van der Waals surface area contributed by atoms with Gasteiger partial charge in [-0.3, -0.25) is 9.88 Å². The minimum atomic E-state index is 0.843. The molecule has 0 unspecified atom stereocenters. The minimum absolute atomic E-state index is 0.843. The summed E-state index contributed by atoms with van der Waals surface area (Å²) in [6.45, 7) is 5.64. The smallest absolute Gasteiger partial charge is 0.138 e. The second-order valence-electron chi connectivity index (χ2n) is 4.34. The molecule has 0 aliphatic carbocycles. The quantitative estimate of drug-likeness (QED) is 0.809. The number of rotatable bonds is 4. The van der Waals surface area contributed by atoms with Gasteiger partial charge in [-0.1, -0.05) is 11.2 Å². The molecule has 0 N–H and O–H groups in total. The Bertz CT molecular complexity index is 459. The van der Waals surface area contributed by atoms with Crippen molar-refractivity contribution in [1.29, 1.82) is 0 Å². The zero-order chi connectivity index (χ0) is 12.3. The number of hydrogen-bond acceptors (Lipinski definition) is 4. The van der Waals surface area contributed by atoms with E-state index in [1.807, 2.05) is 26.1 Å². The zero-order valence-electron chi connectivity index (χ0n) is 10.5. The van der Waals surface area contributed by atoms with Crippen LogP contribution in [-0.4, -0.2) is 22.1 Å². The van der Waals surface area contributed by atoms with Crippen LogP contribution in [-0.2, 0) is 13.1 Å². The molecule has 0 amide bonds. The van der Waals surface area contributed by atoms with Crippen molar-refractivity contribution < 1.29 is 4.52 Å². The molecular weight excluding hydrogens is 214 g/mol. The highest BCUT2D eigenvalue weighted by molar-refractivity contribution is 5.20. The molecule has 2 heterocycles. The van der Waals surface area contributed by atoms with Crippen LogP contribution in [0.25, 0.3) is 0 Å². The van der Waals surface area contributed by atoms with Crippen molar-refractivity contribution >= 4 is 0 Å². The highest BCUT2D eigenvalue weighted by Crippen LogP contribution is 2.15. The maximum Gasteiger partial charge on any atom is 0.138 e. The molecule has 0 aliphatic rings. The van der Waals surface area contributed by atoms with Crippen LogP contribution in [0, 0.1) is 13.8 Å². The van der Waals surface area contributed by atoms with Gasteiger partial charge in [-0.05, 0) is 32.5 Å². The molecule has 4 heteroatoms. The van der Waals surface area contributed by atoms with Crippen LogP contribution in [0.2, 0.25) is 0 Å². The summed E-state index contributed by atoms with van der Waals surface area (Å²) in [5.74, 6) is 0.903. The molecule has 0 aliphatic heterocycles. The molecule has 4 nitrogen and oxygen atoms in total. The summed E-state index contributed by atoms with van der Waals surface area (Å²) in [5, 5.41) is 3.96. The highest BCUT2D eigenvalue weighted by atomic mass is 16.5. The fraction of sp³-hybridized carbons (Fsp3) is 0.385. The van der Waals surface area contributed by atoms with Gasteiger partial charge in [0.05, 0.1) is 5.69 Å². The molecule has 0 spiro atoms. The van der Waals surface area contributed by atoms with Gasteiger partial charge in [0.2, 0.25) is 0 Å². The lowest BCUT2D eigenvalue weighted by Gasteiger charge is -2.16. The summed E-state index contributed by atoms with van der Waals surface area (Å²) in [6, 6.07) is 4.04. The Hall–Kier alpha value is -1.68. The standard InChI is InChI=1S/C13H17N3O/c1-10-13(11(2)17-15-10)9-16(3)8-12-5-4-6-14-7-12/h4-7H,8-9H2,1-3H3. The van der Waals surface area contributed by atoms with Crippen LogP contribution in [0.3, 0.4) is 0 Å². The van der Waals surface area contributed by atoms with Gasteiger partial charge >= 0.3 is 0 Å². The summed E-state index contributed by atoms with van der Waals surface area (Å²) in [7, 11) is 2.08. The van der Waals surface area contributed by atoms with Gasteiger partial charge in [-0.15, -0.1) is 0 Å². The maximum absolute atomic E-state index is 5.16. The molecular formula is C13H17N3O. The van der Waals surface area contributed by atoms with Crippen molar-refractivity contribution in [3.8, 4) is 0 Å². The summed E-state index contributed by atoms with van der Waals surface area (Å²) in [5.41, 5.74) is 3.36. The molecule has 0 saturated heterocycles. The van der Waals surface area contributed by atoms with Crippen molar-refractivity contribution in [1.82, 2.24) is 15.0 Å². The summed E-state index contributed by atoms with van der Waals surface area (Å²) < 4.78 is 5.16. The number of hydrogen-bond donors (Lipinski definition) is 0. The number of nitrogens with zero attached hydrogens (tertiary/aromatic N) is 3. The average molecular weight is 231 g/mol. The van der Waals surface area contributed by atoms with Gasteiger partial charge in [-0.2, -0.15) is 0 Å². The molecule has 0 bridgehead atoms. The highest BCUT2D eigenvalue weighted by Gasteiger charge is 2.11. The predicted molar refractivity (Wildman–Crippen MR) is 65.4 cm³/mol. The largest absolute Gasteiger partial charge is 0.361 e. The lowest BCUT2D eigenvalue weighted by Crippen LogP contribution is -2.18. The van der Waals surface area contributed by atoms with Crippen LogP contribution in [0.4, 0.5) is 0 Å². The first-order valence-corrected chi connectivity index (χ1v) is 5.66. The molecule has 0 atom stereocenters. The van der Waals surface area contributed by atoms with Crippen LogP contribution in [0.5, 0.6) is 0 Å². The lowest BCUT2D eigenvalue weighted by atomic mass is 10.2. The van der Waals surface area contributed by atoms with E-state index in [-0.39, 0.29) is 0 Å². The van der Waals surface area contributed by atoms with E-state index in [1.54, 1.807) is 6.20 Å². The summed E-state index contributed by atoms with van der Waals surface area (Å²) in [4.78, 5) is 6.34. The average Bonchev–Trinajstić information content (AvgIpc) is 2.62. The molecule has 2 aromatic heterocycles. The van der Waals surface area contributed by atoms with E-state index in [2.05, 4.69) is 28.2 Å². The zero-order valence-corrected chi connectivity index (χ0v) is 10.5. The lowest BCUT2D eigenvalue weighted by molar-refractivity contribution is 0.314. The second-order valence-corrected chi connectivity index (χ2v) is 4.34. The molecule has 0 aromatic carbocycles. The SMILES string of the molecule is Cc1noc(C)c1CN(C)Cc1cccnc1. The van der Waals surface area contributed by atoms with Crippen molar-refractivity contribution in [2.45, 2.75) is 26.9 Å². The first-order chi connectivity index (χ1) is 8.16. The number of aromatic nitrogens is 2. The Kier molecular flexibility index (Phi) is 3.54. The van der Waals surface area contributed by atoms with Crippen LogP contribution < -0.4 is 0 Å². The molecule has 90 valence electrons. The Labute approximate surface area is 101 Å². The Morgan fingerprint density at radius 2 is 2.12 bits per heavy atom. The Balaban J connectivity index is 2.01. The molecule has 2 rings (SSSR count). The van der Waals surface area contributed by atoms with E-state index in [9.17, 15) is 0 Å². The Morgan fingerprint density at radius 3 is 2.71 bits per heavy atom. The number of aryl methyl sites for hydroxylation is 2. The van der Waals surface area contributed by atoms with Crippen LogP contribution in [0.15, 0.2) is 29.0 Å². The van der Waals surface area contributed by atoms with E-state index in [0.29, 0.717) is 0 Å². The third kappa shape index (κ3) is 2.91. The monoisotopic (exact) mass is 231 g/mol. The van der Waals surface area contributed by atoms with E-state index < -0.39 is 0 Å². The molecule has 0 radical (unpaired) electrons. The molecule has 0 fully saturated rings. The minimum Gasteiger partial charge on any atom is -0.361 e. The third-order valence-corrected chi connectivity index (χ3v) is 2.78. The molecule has 17 heavy (non-hydrogen) atoms. The van der Waals surface area contributed by atoms with Crippen LogP contribution in [0.1, 0.15) is 22.6 Å². The first-order valence-electron chi connectivity index (χ1n) is 5.66.